The Kier molecular flexibility index (Phi) is 4.46. The number of hydrogen-bond donors (Lipinski definition) is 1. The summed E-state index contributed by atoms with van der Waals surface area (Å²) in [5, 5.41) is 2.30. The molecule has 0 amide bonds. The van der Waals surface area contributed by atoms with E-state index in [-0.39, 0.29) is 10.9 Å². The van der Waals surface area contributed by atoms with E-state index in [2.05, 4.69) is 9.97 Å². The van der Waals surface area contributed by atoms with Gasteiger partial charge in [0.15, 0.2) is 10.9 Å². The van der Waals surface area contributed by atoms with E-state index in [1.54, 1.807) is 6.07 Å². The molecule has 0 unspecified atom stereocenters. The summed E-state index contributed by atoms with van der Waals surface area (Å²) in [4.78, 5) is 29.2. The molecule has 0 aliphatic heterocycles. The third-order valence-electron chi connectivity index (χ3n) is 4.09. The Morgan fingerprint density at radius 1 is 1.07 bits per heavy atom. The van der Waals surface area contributed by atoms with Gasteiger partial charge in [-0.05, 0) is 22.4 Å². The third-order valence-corrected chi connectivity index (χ3v) is 5.01. The summed E-state index contributed by atoms with van der Waals surface area (Å²) in [5.41, 5.74) is -1.77. The number of H-pyrrole nitrogens is 1. The molecule has 28 heavy (non-hydrogen) atoms. The van der Waals surface area contributed by atoms with Gasteiger partial charge >= 0.3 is 11.8 Å². The number of benzene rings is 2. The first-order valence-electron chi connectivity index (χ1n) is 8.07. The highest BCUT2D eigenvalue weighted by Gasteiger charge is 2.33. The maximum absolute atomic E-state index is 12.9. The molecule has 2 aromatic heterocycles. The Morgan fingerprint density at radius 3 is 2.64 bits per heavy atom. The minimum atomic E-state index is -4.72. The molecule has 0 saturated heterocycles. The molecule has 2 aromatic carbocycles. The molecule has 4 aromatic rings. The monoisotopic (exact) mass is 404 g/mol. The minimum absolute atomic E-state index is 0.125. The van der Waals surface area contributed by atoms with Crippen molar-refractivity contribution in [2.24, 2.45) is 0 Å². The van der Waals surface area contributed by atoms with Crippen molar-refractivity contribution in [2.45, 2.75) is 17.1 Å². The zero-order valence-electron chi connectivity index (χ0n) is 14.0. The van der Waals surface area contributed by atoms with Crippen molar-refractivity contribution < 1.29 is 17.6 Å². The molecule has 142 valence electrons. The van der Waals surface area contributed by atoms with Gasteiger partial charge in [-0.25, -0.2) is 9.78 Å². The summed E-state index contributed by atoms with van der Waals surface area (Å²) < 4.78 is 43.9. The number of alkyl halides is 3. The first-order valence-corrected chi connectivity index (χ1v) is 9.06. The highest BCUT2D eigenvalue weighted by Crippen LogP contribution is 2.32. The zero-order chi connectivity index (χ0) is 19.9. The van der Waals surface area contributed by atoms with Gasteiger partial charge in [0.05, 0.1) is 0 Å². The average Bonchev–Trinajstić information content (AvgIpc) is 2.64. The van der Waals surface area contributed by atoms with Crippen molar-refractivity contribution in [3.05, 3.63) is 80.6 Å². The molecule has 5 nitrogen and oxygen atoms in total. The molecule has 9 heteroatoms. The first kappa shape index (κ1) is 18.3. The van der Waals surface area contributed by atoms with Crippen LogP contribution in [0.5, 0.6) is 0 Å². The standard InChI is InChI=1S/C19H11F3N2O3S/c20-19(21,22)14-8-15(25)24-18(23-14)28-9-11-7-16(26)27-13-6-5-10-3-1-2-4-12(10)17(11)13/h1-8H,9H2,(H,23,24,25). The maximum atomic E-state index is 12.9. The number of aromatic nitrogens is 2. The lowest BCUT2D eigenvalue weighted by molar-refractivity contribution is -0.141. The molecule has 0 aliphatic carbocycles. The number of aromatic amines is 1. The molecule has 0 spiro atoms. The predicted molar refractivity (Wildman–Crippen MR) is 99.4 cm³/mol. The van der Waals surface area contributed by atoms with Crippen molar-refractivity contribution in [1.82, 2.24) is 9.97 Å². The third kappa shape index (κ3) is 3.53. The Balaban J connectivity index is 1.79. The summed E-state index contributed by atoms with van der Waals surface area (Å²) in [6.07, 6.45) is -4.72. The van der Waals surface area contributed by atoms with E-state index in [1.165, 1.54) is 6.07 Å². The SMILES string of the molecule is O=c1cc(C(F)(F)F)nc(SCc2cc(=O)oc3ccc4ccccc4c23)[nH]1. The second-order valence-corrected chi connectivity index (χ2v) is 6.94. The van der Waals surface area contributed by atoms with Crippen LogP contribution >= 0.6 is 11.8 Å². The second-order valence-electron chi connectivity index (χ2n) is 5.97. The van der Waals surface area contributed by atoms with Gasteiger partial charge < -0.3 is 9.40 Å². The molecule has 0 radical (unpaired) electrons. The molecule has 0 aliphatic rings. The maximum Gasteiger partial charge on any atom is 0.433 e. The van der Waals surface area contributed by atoms with E-state index in [0.717, 1.165) is 22.5 Å². The van der Waals surface area contributed by atoms with Crippen LogP contribution in [-0.4, -0.2) is 9.97 Å². The van der Waals surface area contributed by atoms with Gasteiger partial charge in [0, 0.05) is 23.3 Å². The molecule has 1 N–H and O–H groups in total. The lowest BCUT2D eigenvalue weighted by Crippen LogP contribution is -2.16. The van der Waals surface area contributed by atoms with Crippen LogP contribution in [0.2, 0.25) is 0 Å². The second kappa shape index (κ2) is 6.83. The number of fused-ring (bicyclic) bond motifs is 3. The van der Waals surface area contributed by atoms with Gasteiger partial charge in [0.1, 0.15) is 5.58 Å². The Labute approximate surface area is 159 Å². The van der Waals surface area contributed by atoms with Crippen molar-refractivity contribution in [1.29, 1.82) is 0 Å². The molecule has 0 bridgehead atoms. The van der Waals surface area contributed by atoms with Crippen LogP contribution in [-0.2, 0) is 11.9 Å². The summed E-state index contributed by atoms with van der Waals surface area (Å²) in [5.74, 6) is 0.125. The van der Waals surface area contributed by atoms with Crippen LogP contribution in [0.3, 0.4) is 0 Å². The number of nitrogens with one attached hydrogen (secondary N) is 1. The number of rotatable bonds is 3. The highest BCUT2D eigenvalue weighted by atomic mass is 32.2. The normalized spacial score (nSPS) is 12.0. The molecule has 4 rings (SSSR count). The predicted octanol–water partition coefficient (Wildman–Crippen LogP) is 4.34. The molecule has 0 fully saturated rings. The summed E-state index contributed by atoms with van der Waals surface area (Å²) in [6, 6.07) is 12.7. The number of nitrogens with zero attached hydrogens (tertiary/aromatic N) is 1. The van der Waals surface area contributed by atoms with Crippen molar-refractivity contribution in [2.75, 3.05) is 0 Å². The summed E-state index contributed by atoms with van der Waals surface area (Å²) >= 11 is 0.903. The van der Waals surface area contributed by atoms with E-state index < -0.39 is 23.1 Å². The Bertz CT molecular complexity index is 1310. The van der Waals surface area contributed by atoms with E-state index in [9.17, 15) is 22.8 Å². The molecular formula is C19H11F3N2O3S. The molecular weight excluding hydrogens is 393 g/mol. The summed E-state index contributed by atoms with van der Waals surface area (Å²) in [6.45, 7) is 0. The van der Waals surface area contributed by atoms with Gasteiger partial charge in [-0.15, -0.1) is 0 Å². The summed E-state index contributed by atoms with van der Waals surface area (Å²) in [7, 11) is 0. The number of halogens is 3. The molecule has 2 heterocycles. The van der Waals surface area contributed by atoms with Crippen LogP contribution in [0, 0.1) is 0 Å². The average molecular weight is 404 g/mol. The van der Waals surface area contributed by atoms with Crippen LogP contribution in [0.4, 0.5) is 13.2 Å². The van der Waals surface area contributed by atoms with E-state index in [4.69, 9.17) is 4.42 Å². The lowest BCUT2D eigenvalue weighted by atomic mass is 10.0. The zero-order valence-corrected chi connectivity index (χ0v) is 14.9. The molecule has 0 atom stereocenters. The smallest absolute Gasteiger partial charge is 0.423 e. The Hall–Kier alpha value is -3.07. The fourth-order valence-electron chi connectivity index (χ4n) is 2.93. The van der Waals surface area contributed by atoms with Crippen molar-refractivity contribution in [3.63, 3.8) is 0 Å². The van der Waals surface area contributed by atoms with Crippen LogP contribution in [0.25, 0.3) is 21.7 Å². The lowest BCUT2D eigenvalue weighted by Gasteiger charge is -2.09. The van der Waals surface area contributed by atoms with Gasteiger partial charge in [-0.1, -0.05) is 42.1 Å². The van der Waals surface area contributed by atoms with Crippen LogP contribution in [0.15, 0.2) is 67.7 Å². The van der Waals surface area contributed by atoms with Crippen molar-refractivity contribution in [3.8, 4) is 0 Å². The number of hydrogen-bond acceptors (Lipinski definition) is 5. The van der Waals surface area contributed by atoms with Gasteiger partial charge in [-0.3, -0.25) is 4.79 Å². The highest BCUT2D eigenvalue weighted by molar-refractivity contribution is 7.98. The van der Waals surface area contributed by atoms with E-state index >= 15 is 0 Å². The fourth-order valence-corrected chi connectivity index (χ4v) is 3.78. The topological polar surface area (TPSA) is 76.0 Å². The largest absolute Gasteiger partial charge is 0.433 e. The van der Waals surface area contributed by atoms with Crippen LogP contribution < -0.4 is 11.2 Å². The first-order chi connectivity index (χ1) is 13.3. The molecule has 0 saturated carbocycles. The fraction of sp³-hybridized carbons (Fsp3) is 0.105. The minimum Gasteiger partial charge on any atom is -0.423 e. The quantitative estimate of drug-likeness (QED) is 0.238. The van der Waals surface area contributed by atoms with E-state index in [1.807, 2.05) is 30.3 Å². The van der Waals surface area contributed by atoms with Gasteiger partial charge in [0.2, 0.25) is 0 Å². The number of thioether (sulfide) groups is 1. The van der Waals surface area contributed by atoms with Crippen LogP contribution in [0.1, 0.15) is 11.3 Å². The van der Waals surface area contributed by atoms with Gasteiger partial charge in [0.25, 0.3) is 5.56 Å². The van der Waals surface area contributed by atoms with E-state index in [0.29, 0.717) is 22.6 Å². The van der Waals surface area contributed by atoms with Crippen molar-refractivity contribution >= 4 is 33.5 Å². The van der Waals surface area contributed by atoms with Gasteiger partial charge in [-0.2, -0.15) is 13.2 Å². The Morgan fingerprint density at radius 2 is 1.86 bits per heavy atom.